The Morgan fingerprint density at radius 1 is 1.33 bits per heavy atom. The lowest BCUT2D eigenvalue weighted by Gasteiger charge is -2.31. The van der Waals surface area contributed by atoms with Gasteiger partial charge in [-0.3, -0.25) is 4.99 Å². The van der Waals surface area contributed by atoms with Crippen LogP contribution in [0.15, 0.2) is 35.3 Å². The fourth-order valence-corrected chi connectivity index (χ4v) is 2.68. The van der Waals surface area contributed by atoms with E-state index in [9.17, 15) is 0 Å². The monoisotopic (exact) mass is 289 g/mol. The van der Waals surface area contributed by atoms with Crippen LogP contribution in [0.3, 0.4) is 0 Å². The van der Waals surface area contributed by atoms with Gasteiger partial charge in [0.1, 0.15) is 0 Å². The first-order valence-corrected chi connectivity index (χ1v) is 7.70. The maximum absolute atomic E-state index is 5.98. The standard InChI is InChI=1S/C17H27N3O/c1-17(2,3)20-16(18)19-12-14-10-7-11-21-15(14)13-8-5-4-6-9-13/h4-6,8-9,14-15H,7,10-12H2,1-3H3,(H3,18,19,20). The first-order valence-electron chi connectivity index (χ1n) is 7.70. The molecule has 21 heavy (non-hydrogen) atoms. The average molecular weight is 289 g/mol. The number of benzene rings is 1. The molecule has 2 atom stereocenters. The lowest BCUT2D eigenvalue weighted by molar-refractivity contribution is -0.0250. The summed E-state index contributed by atoms with van der Waals surface area (Å²) in [5, 5.41) is 3.20. The van der Waals surface area contributed by atoms with Gasteiger partial charge >= 0.3 is 0 Å². The zero-order valence-electron chi connectivity index (χ0n) is 13.3. The Morgan fingerprint density at radius 2 is 2.05 bits per heavy atom. The number of guanidine groups is 1. The molecule has 4 nitrogen and oxygen atoms in total. The highest BCUT2D eigenvalue weighted by molar-refractivity contribution is 5.78. The predicted octanol–water partition coefficient (Wildman–Crippen LogP) is 2.86. The summed E-state index contributed by atoms with van der Waals surface area (Å²) < 4.78 is 5.98. The quantitative estimate of drug-likeness (QED) is 0.664. The fraction of sp³-hybridized carbons (Fsp3) is 0.588. The Hall–Kier alpha value is -1.55. The van der Waals surface area contributed by atoms with Crippen molar-refractivity contribution in [1.82, 2.24) is 5.32 Å². The molecule has 0 spiro atoms. The summed E-state index contributed by atoms with van der Waals surface area (Å²) in [5.74, 6) is 0.904. The molecular weight excluding hydrogens is 262 g/mol. The second-order valence-corrected chi connectivity index (χ2v) is 6.71. The van der Waals surface area contributed by atoms with Crippen molar-refractivity contribution in [3.05, 3.63) is 35.9 Å². The molecule has 116 valence electrons. The van der Waals surface area contributed by atoms with Crippen LogP contribution >= 0.6 is 0 Å². The molecule has 0 saturated carbocycles. The van der Waals surface area contributed by atoms with E-state index in [0.29, 0.717) is 18.4 Å². The maximum atomic E-state index is 5.98. The number of rotatable bonds is 3. The predicted molar refractivity (Wildman–Crippen MR) is 87.2 cm³/mol. The average Bonchev–Trinajstić information content (AvgIpc) is 2.45. The fourth-order valence-electron chi connectivity index (χ4n) is 2.68. The maximum Gasteiger partial charge on any atom is 0.188 e. The SMILES string of the molecule is CC(C)(C)NC(N)=NCC1CCCOC1c1ccccc1. The molecule has 0 aromatic heterocycles. The number of hydrogen-bond donors (Lipinski definition) is 2. The first-order chi connectivity index (χ1) is 9.96. The molecule has 2 rings (SSSR count). The Bertz CT molecular complexity index is 465. The van der Waals surface area contributed by atoms with Gasteiger partial charge in [0.05, 0.1) is 6.10 Å². The van der Waals surface area contributed by atoms with E-state index < -0.39 is 0 Å². The van der Waals surface area contributed by atoms with Gasteiger partial charge in [-0.2, -0.15) is 0 Å². The number of nitrogens with two attached hydrogens (primary N) is 1. The van der Waals surface area contributed by atoms with Gasteiger partial charge in [-0.25, -0.2) is 0 Å². The van der Waals surface area contributed by atoms with Crippen LogP contribution in [0.5, 0.6) is 0 Å². The van der Waals surface area contributed by atoms with Crippen LogP contribution in [0.1, 0.15) is 45.3 Å². The van der Waals surface area contributed by atoms with Crippen molar-refractivity contribution in [2.45, 2.75) is 45.3 Å². The summed E-state index contributed by atoms with van der Waals surface area (Å²) in [5.41, 5.74) is 7.14. The Kier molecular flexibility index (Phi) is 5.23. The second kappa shape index (κ2) is 6.94. The van der Waals surface area contributed by atoms with Crippen molar-refractivity contribution >= 4 is 5.96 Å². The highest BCUT2D eigenvalue weighted by Crippen LogP contribution is 2.33. The van der Waals surface area contributed by atoms with Crippen LogP contribution in [0.25, 0.3) is 0 Å². The lowest BCUT2D eigenvalue weighted by Crippen LogP contribution is -2.45. The van der Waals surface area contributed by atoms with E-state index in [1.807, 2.05) is 6.07 Å². The number of hydrogen-bond acceptors (Lipinski definition) is 2. The molecule has 1 heterocycles. The van der Waals surface area contributed by atoms with Crippen molar-refractivity contribution in [3.63, 3.8) is 0 Å². The summed E-state index contributed by atoms with van der Waals surface area (Å²) >= 11 is 0. The summed E-state index contributed by atoms with van der Waals surface area (Å²) in [6.07, 6.45) is 2.35. The third-order valence-corrected chi connectivity index (χ3v) is 3.57. The minimum Gasteiger partial charge on any atom is -0.373 e. The van der Waals surface area contributed by atoms with Crippen molar-refractivity contribution in [3.8, 4) is 0 Å². The molecule has 4 heteroatoms. The van der Waals surface area contributed by atoms with Gasteiger partial charge in [0, 0.05) is 24.6 Å². The van der Waals surface area contributed by atoms with E-state index in [0.717, 1.165) is 19.4 Å². The van der Waals surface area contributed by atoms with E-state index in [-0.39, 0.29) is 11.6 Å². The number of aliphatic imine (C=N–C) groups is 1. The van der Waals surface area contributed by atoms with E-state index in [4.69, 9.17) is 10.5 Å². The molecule has 2 unspecified atom stereocenters. The van der Waals surface area contributed by atoms with Crippen molar-refractivity contribution < 1.29 is 4.74 Å². The second-order valence-electron chi connectivity index (χ2n) is 6.71. The van der Waals surface area contributed by atoms with Crippen molar-refractivity contribution in [2.75, 3.05) is 13.2 Å². The molecule has 3 N–H and O–H groups in total. The van der Waals surface area contributed by atoms with Crippen molar-refractivity contribution in [1.29, 1.82) is 0 Å². The number of nitrogens with zero attached hydrogens (tertiary/aromatic N) is 1. The number of nitrogens with one attached hydrogen (secondary N) is 1. The molecule has 1 saturated heterocycles. The van der Waals surface area contributed by atoms with Gasteiger partial charge in [-0.15, -0.1) is 0 Å². The molecule has 1 fully saturated rings. The summed E-state index contributed by atoms with van der Waals surface area (Å²) in [6.45, 7) is 7.76. The zero-order chi connectivity index (χ0) is 15.3. The molecule has 1 aromatic rings. The molecule has 1 aliphatic rings. The Morgan fingerprint density at radius 3 is 2.71 bits per heavy atom. The lowest BCUT2D eigenvalue weighted by atomic mass is 9.89. The van der Waals surface area contributed by atoms with E-state index in [2.05, 4.69) is 55.3 Å². The summed E-state index contributed by atoms with van der Waals surface area (Å²) in [4.78, 5) is 4.51. The highest BCUT2D eigenvalue weighted by atomic mass is 16.5. The smallest absolute Gasteiger partial charge is 0.188 e. The van der Waals surface area contributed by atoms with Crippen LogP contribution in [0, 0.1) is 5.92 Å². The normalized spacial score (nSPS) is 23.9. The summed E-state index contributed by atoms with van der Waals surface area (Å²) in [6, 6.07) is 10.4. The molecule has 0 amide bonds. The van der Waals surface area contributed by atoms with Gasteiger partial charge < -0.3 is 15.8 Å². The minimum absolute atomic E-state index is 0.0600. The molecule has 1 aliphatic heterocycles. The third-order valence-electron chi connectivity index (χ3n) is 3.57. The zero-order valence-corrected chi connectivity index (χ0v) is 13.3. The molecule has 0 bridgehead atoms. The van der Waals surface area contributed by atoms with Crippen molar-refractivity contribution in [2.24, 2.45) is 16.6 Å². The third kappa shape index (κ3) is 5.05. The van der Waals surface area contributed by atoms with Crippen LogP contribution in [0.2, 0.25) is 0 Å². The van der Waals surface area contributed by atoms with Gasteiger partial charge in [0.25, 0.3) is 0 Å². The van der Waals surface area contributed by atoms with Crippen LogP contribution in [-0.4, -0.2) is 24.7 Å². The van der Waals surface area contributed by atoms with Crippen LogP contribution in [0.4, 0.5) is 0 Å². The summed E-state index contributed by atoms with van der Waals surface area (Å²) in [7, 11) is 0. The Labute approximate surface area is 127 Å². The van der Waals surface area contributed by atoms with E-state index in [1.165, 1.54) is 5.56 Å². The van der Waals surface area contributed by atoms with Gasteiger partial charge in [0.15, 0.2) is 5.96 Å². The van der Waals surface area contributed by atoms with E-state index >= 15 is 0 Å². The molecule has 0 radical (unpaired) electrons. The molecule has 0 aliphatic carbocycles. The van der Waals surface area contributed by atoms with Crippen LogP contribution < -0.4 is 11.1 Å². The Balaban J connectivity index is 2.01. The molecular formula is C17H27N3O. The van der Waals surface area contributed by atoms with E-state index in [1.54, 1.807) is 0 Å². The first kappa shape index (κ1) is 15.8. The highest BCUT2D eigenvalue weighted by Gasteiger charge is 2.27. The van der Waals surface area contributed by atoms with Gasteiger partial charge in [-0.05, 0) is 39.2 Å². The van der Waals surface area contributed by atoms with Gasteiger partial charge in [-0.1, -0.05) is 30.3 Å². The largest absolute Gasteiger partial charge is 0.373 e. The topological polar surface area (TPSA) is 59.6 Å². The molecule has 1 aromatic carbocycles. The van der Waals surface area contributed by atoms with Gasteiger partial charge in [0.2, 0.25) is 0 Å². The van der Waals surface area contributed by atoms with Crippen LogP contribution in [-0.2, 0) is 4.74 Å². The number of ether oxygens (including phenoxy) is 1. The minimum atomic E-state index is -0.0600.